The van der Waals surface area contributed by atoms with E-state index in [2.05, 4.69) is 25.8 Å². The third kappa shape index (κ3) is 5.21. The summed E-state index contributed by atoms with van der Waals surface area (Å²) >= 11 is 8.41. The highest BCUT2D eigenvalue weighted by Crippen LogP contribution is 2.29. The highest BCUT2D eigenvalue weighted by molar-refractivity contribution is 7.99. The van der Waals surface area contributed by atoms with E-state index in [-0.39, 0.29) is 11.7 Å². The molecule has 0 atom stereocenters. The molecular formula is C19H16ClN5O3S2. The number of fused-ring (bicyclic) bond motifs is 1. The summed E-state index contributed by atoms with van der Waals surface area (Å²) in [6.45, 7) is 0.372. The van der Waals surface area contributed by atoms with E-state index in [4.69, 9.17) is 20.8 Å². The van der Waals surface area contributed by atoms with Crippen LogP contribution in [0.2, 0.25) is 5.02 Å². The van der Waals surface area contributed by atoms with Crippen molar-refractivity contribution in [3.63, 3.8) is 0 Å². The molecule has 154 valence electrons. The summed E-state index contributed by atoms with van der Waals surface area (Å²) < 4.78 is 11.7. The van der Waals surface area contributed by atoms with Crippen molar-refractivity contribution in [2.45, 2.75) is 11.8 Å². The Kier molecular flexibility index (Phi) is 6.36. The normalized spacial score (nSPS) is 10.9. The predicted molar refractivity (Wildman–Crippen MR) is 119 cm³/mol. The van der Waals surface area contributed by atoms with E-state index in [0.717, 1.165) is 33.4 Å². The molecule has 0 aliphatic rings. The second-order valence-corrected chi connectivity index (χ2v) is 8.41. The SMILES string of the molecule is COc1ccc2nc(NC(=O)CSc3nnc(CNc4ccc(Cl)cc4)o3)sc2c1. The Bertz CT molecular complexity index is 1160. The Morgan fingerprint density at radius 2 is 2.07 bits per heavy atom. The summed E-state index contributed by atoms with van der Waals surface area (Å²) in [6.07, 6.45) is 0. The summed E-state index contributed by atoms with van der Waals surface area (Å²) in [4.78, 5) is 16.6. The molecule has 4 rings (SSSR count). The van der Waals surface area contributed by atoms with Gasteiger partial charge in [0.15, 0.2) is 5.13 Å². The van der Waals surface area contributed by atoms with Crippen LogP contribution in [0.3, 0.4) is 0 Å². The third-order valence-electron chi connectivity index (χ3n) is 3.90. The number of carbonyl (C=O) groups excluding carboxylic acids is 1. The smallest absolute Gasteiger partial charge is 0.277 e. The lowest BCUT2D eigenvalue weighted by Gasteiger charge is -2.02. The van der Waals surface area contributed by atoms with Gasteiger partial charge in [-0.25, -0.2) is 4.98 Å². The van der Waals surface area contributed by atoms with Gasteiger partial charge in [0.05, 0.1) is 29.6 Å². The minimum Gasteiger partial charge on any atom is -0.497 e. The zero-order valence-corrected chi connectivity index (χ0v) is 18.1. The first-order valence-electron chi connectivity index (χ1n) is 8.78. The van der Waals surface area contributed by atoms with Gasteiger partial charge in [0.25, 0.3) is 5.22 Å². The highest BCUT2D eigenvalue weighted by Gasteiger charge is 2.12. The largest absolute Gasteiger partial charge is 0.497 e. The molecule has 2 N–H and O–H groups in total. The number of nitrogens with one attached hydrogen (secondary N) is 2. The molecule has 0 radical (unpaired) electrons. The number of nitrogens with zero attached hydrogens (tertiary/aromatic N) is 3. The molecule has 0 bridgehead atoms. The van der Waals surface area contributed by atoms with Crippen molar-refractivity contribution in [3.05, 3.63) is 53.4 Å². The fraction of sp³-hybridized carbons (Fsp3) is 0.158. The second kappa shape index (κ2) is 9.33. The summed E-state index contributed by atoms with van der Waals surface area (Å²) in [5, 5.41) is 15.4. The van der Waals surface area contributed by atoms with Gasteiger partial charge in [0.1, 0.15) is 5.75 Å². The van der Waals surface area contributed by atoms with Crippen molar-refractivity contribution in [1.29, 1.82) is 0 Å². The molecule has 4 aromatic rings. The lowest BCUT2D eigenvalue weighted by Crippen LogP contribution is -2.13. The number of methoxy groups -OCH3 is 1. The van der Waals surface area contributed by atoms with E-state index in [1.54, 1.807) is 19.2 Å². The van der Waals surface area contributed by atoms with Gasteiger partial charge in [-0.2, -0.15) is 0 Å². The third-order valence-corrected chi connectivity index (χ3v) is 5.91. The van der Waals surface area contributed by atoms with Crippen LogP contribution < -0.4 is 15.4 Å². The van der Waals surface area contributed by atoms with Crippen molar-refractivity contribution in [2.75, 3.05) is 23.5 Å². The highest BCUT2D eigenvalue weighted by atomic mass is 35.5. The van der Waals surface area contributed by atoms with Crippen molar-refractivity contribution >= 4 is 61.6 Å². The van der Waals surface area contributed by atoms with Gasteiger partial charge in [-0.3, -0.25) is 4.79 Å². The van der Waals surface area contributed by atoms with E-state index in [0.29, 0.717) is 27.8 Å². The summed E-state index contributed by atoms with van der Waals surface area (Å²) in [6, 6.07) is 12.9. The molecule has 11 heteroatoms. The molecule has 0 fully saturated rings. The van der Waals surface area contributed by atoms with Crippen LogP contribution in [0.25, 0.3) is 10.2 Å². The Morgan fingerprint density at radius 1 is 1.23 bits per heavy atom. The first kappa shape index (κ1) is 20.5. The number of thiazole rings is 1. The summed E-state index contributed by atoms with van der Waals surface area (Å²) in [5.74, 6) is 1.10. The minimum atomic E-state index is -0.204. The van der Waals surface area contributed by atoms with Crippen molar-refractivity contribution < 1.29 is 13.9 Å². The van der Waals surface area contributed by atoms with Crippen LogP contribution in [0.15, 0.2) is 52.1 Å². The Labute approximate surface area is 185 Å². The molecule has 30 heavy (non-hydrogen) atoms. The zero-order chi connectivity index (χ0) is 20.9. The van der Waals surface area contributed by atoms with E-state index in [1.807, 2.05) is 30.3 Å². The van der Waals surface area contributed by atoms with E-state index in [1.165, 1.54) is 11.3 Å². The number of hydrogen-bond acceptors (Lipinski definition) is 9. The van der Waals surface area contributed by atoms with Gasteiger partial charge in [-0.15, -0.1) is 10.2 Å². The number of halogens is 1. The number of benzene rings is 2. The van der Waals surface area contributed by atoms with Crippen LogP contribution in [-0.2, 0) is 11.3 Å². The van der Waals surface area contributed by atoms with Crippen LogP contribution in [0, 0.1) is 0 Å². The minimum absolute atomic E-state index is 0.130. The number of rotatable bonds is 8. The molecule has 2 heterocycles. The van der Waals surface area contributed by atoms with Crippen molar-refractivity contribution in [1.82, 2.24) is 15.2 Å². The summed E-state index contributed by atoms with van der Waals surface area (Å²) in [7, 11) is 1.61. The van der Waals surface area contributed by atoms with Crippen LogP contribution in [0.4, 0.5) is 10.8 Å². The fourth-order valence-corrected chi connectivity index (χ4v) is 4.10. The first-order valence-corrected chi connectivity index (χ1v) is 11.0. The van der Waals surface area contributed by atoms with Gasteiger partial charge < -0.3 is 19.8 Å². The van der Waals surface area contributed by atoms with Crippen molar-refractivity contribution in [2.24, 2.45) is 0 Å². The molecule has 2 aromatic carbocycles. The molecule has 0 unspecified atom stereocenters. The number of aromatic nitrogens is 3. The Morgan fingerprint density at radius 3 is 2.87 bits per heavy atom. The second-order valence-electron chi connectivity index (χ2n) is 6.01. The molecule has 0 saturated carbocycles. The number of hydrogen-bond donors (Lipinski definition) is 2. The number of amides is 1. The van der Waals surface area contributed by atoms with Crippen LogP contribution >= 0.6 is 34.7 Å². The predicted octanol–water partition coefficient (Wildman–Crippen LogP) is 4.68. The average molecular weight is 462 g/mol. The monoisotopic (exact) mass is 461 g/mol. The quantitative estimate of drug-likeness (QED) is 0.364. The maximum absolute atomic E-state index is 12.2. The molecule has 0 spiro atoms. The van der Waals surface area contributed by atoms with Gasteiger partial charge in [0, 0.05) is 10.7 Å². The van der Waals surface area contributed by atoms with E-state index in [9.17, 15) is 4.79 Å². The Hall–Kier alpha value is -2.82. The molecule has 0 aliphatic carbocycles. The van der Waals surface area contributed by atoms with Gasteiger partial charge in [0.2, 0.25) is 11.8 Å². The van der Waals surface area contributed by atoms with Crippen LogP contribution in [-0.4, -0.2) is 34.0 Å². The Balaban J connectivity index is 1.27. The topological polar surface area (TPSA) is 102 Å². The van der Waals surface area contributed by atoms with Gasteiger partial charge in [-0.1, -0.05) is 34.7 Å². The van der Waals surface area contributed by atoms with Gasteiger partial charge >= 0.3 is 0 Å². The van der Waals surface area contributed by atoms with E-state index < -0.39 is 0 Å². The number of ether oxygens (including phenoxy) is 1. The van der Waals surface area contributed by atoms with E-state index >= 15 is 0 Å². The van der Waals surface area contributed by atoms with Crippen LogP contribution in [0.5, 0.6) is 5.75 Å². The number of thioether (sulfide) groups is 1. The molecule has 0 saturated heterocycles. The average Bonchev–Trinajstić information content (AvgIpc) is 3.37. The molecule has 8 nitrogen and oxygen atoms in total. The standard InChI is InChI=1S/C19H16ClN5O3S2/c1-27-13-6-7-14-15(8-13)30-18(22-14)23-16(26)10-29-19-25-24-17(28-19)9-21-12-4-2-11(20)3-5-12/h2-8,21H,9-10H2,1H3,(H,22,23,26). The number of anilines is 2. The van der Waals surface area contributed by atoms with Crippen LogP contribution in [0.1, 0.15) is 5.89 Å². The molecule has 2 aromatic heterocycles. The number of carbonyl (C=O) groups is 1. The molecule has 0 aliphatic heterocycles. The summed E-state index contributed by atoms with van der Waals surface area (Å²) in [5.41, 5.74) is 1.69. The van der Waals surface area contributed by atoms with Gasteiger partial charge in [-0.05, 0) is 42.5 Å². The lowest BCUT2D eigenvalue weighted by atomic mass is 10.3. The maximum Gasteiger partial charge on any atom is 0.277 e. The lowest BCUT2D eigenvalue weighted by molar-refractivity contribution is -0.113. The van der Waals surface area contributed by atoms with Crippen molar-refractivity contribution in [3.8, 4) is 5.75 Å². The zero-order valence-electron chi connectivity index (χ0n) is 15.7. The fourth-order valence-electron chi connectivity index (χ4n) is 2.48. The molecule has 1 amide bonds. The molecular weight excluding hydrogens is 446 g/mol. The first-order chi connectivity index (χ1) is 14.6. The maximum atomic E-state index is 12.2.